The molecule has 0 aromatic heterocycles. The zero-order valence-electron chi connectivity index (χ0n) is 49.4. The maximum Gasteiger partial charge on any atom is 0.251 e. The summed E-state index contributed by atoms with van der Waals surface area (Å²) in [6.07, 6.45) is -14.4. The van der Waals surface area contributed by atoms with E-state index >= 15 is 0 Å². The Kier molecular flexibility index (Phi) is 18.9. The predicted molar refractivity (Wildman–Crippen MR) is 293 cm³/mol. The number of amides is 7. The number of nitrogens with one attached hydrogen (secondary N) is 5. The van der Waals surface area contributed by atoms with Crippen LogP contribution in [0, 0.1) is 5.92 Å². The lowest BCUT2D eigenvalue weighted by molar-refractivity contribution is -0.148. The standard InChI is InChI=1S/C58H73N7O17/c1-5-6-7-24-82-40-22-18-35(19-23-40)33-10-8-32(9-11-33)34-12-14-37(15-13-34)51(74)59-41-26-43(70)54(77)63-56(79)47-48(71)29(2)27-65(47)58(81)45(31(4)67)61-55(78)46(50(73)49(72)36-16-20-38(68)21-17-36)62-53(76)42-25-39(69)28-64(42)57(80)44(30(3)66)60-52(41)75/h8-23,29-31,39,41-50,54,66-73,77H,5-7,24-28H2,1-4H3,(H,59,74)(H,60,75)(H,61,78)(H,62,76)(H,63,79)/t29-,30+,31+,39+,41-,42?,43+,44-,45?,46?,47-,48-,49-,50-,54+/m0/s1/i8D,9D,10D,11D. The number of carbonyl (C=O) groups excluding carboxylic acids is 7. The van der Waals surface area contributed by atoms with Crippen molar-refractivity contribution in [2.75, 3.05) is 19.7 Å². The van der Waals surface area contributed by atoms with Crippen molar-refractivity contribution in [1.82, 2.24) is 36.4 Å². The van der Waals surface area contributed by atoms with Crippen LogP contribution in [0.3, 0.4) is 0 Å². The highest BCUT2D eigenvalue weighted by molar-refractivity contribution is 6.00. The van der Waals surface area contributed by atoms with Gasteiger partial charge in [-0.25, -0.2) is 0 Å². The van der Waals surface area contributed by atoms with E-state index < -0.39 is 170 Å². The minimum Gasteiger partial charge on any atom is -0.508 e. The molecule has 7 amide bonds. The van der Waals surface area contributed by atoms with Gasteiger partial charge in [0.05, 0.1) is 36.5 Å². The molecule has 3 aliphatic rings. The van der Waals surface area contributed by atoms with Gasteiger partial charge >= 0.3 is 0 Å². The molecule has 4 aromatic rings. The number of aliphatic hydroxyl groups excluding tert-OH is 8. The van der Waals surface area contributed by atoms with Crippen molar-refractivity contribution in [1.29, 1.82) is 0 Å². The number of unbranched alkanes of at least 4 members (excludes halogenated alkanes) is 2. The van der Waals surface area contributed by atoms with Crippen molar-refractivity contribution in [3.8, 4) is 33.8 Å². The van der Waals surface area contributed by atoms with Gasteiger partial charge in [-0.3, -0.25) is 33.6 Å². The van der Waals surface area contributed by atoms with Gasteiger partial charge in [-0.2, -0.15) is 0 Å². The smallest absolute Gasteiger partial charge is 0.251 e. The largest absolute Gasteiger partial charge is 0.508 e. The molecule has 14 N–H and O–H groups in total. The molecule has 0 bridgehead atoms. The lowest BCUT2D eigenvalue weighted by Crippen LogP contribution is -2.64. The van der Waals surface area contributed by atoms with E-state index in [9.17, 15) is 79.5 Å². The van der Waals surface area contributed by atoms with Crippen molar-refractivity contribution >= 4 is 41.4 Å². The van der Waals surface area contributed by atoms with E-state index in [-0.39, 0.29) is 45.7 Å². The van der Waals surface area contributed by atoms with E-state index in [4.69, 9.17) is 10.2 Å². The van der Waals surface area contributed by atoms with Crippen LogP contribution in [0.25, 0.3) is 22.3 Å². The number of hydrogen-bond donors (Lipinski definition) is 14. The molecular weight excluding hydrogens is 1070 g/mol. The first kappa shape index (κ1) is 56.3. The number of aromatic hydroxyl groups is 1. The Labute approximate surface area is 478 Å². The van der Waals surface area contributed by atoms with Crippen LogP contribution in [-0.2, 0) is 28.8 Å². The van der Waals surface area contributed by atoms with Gasteiger partial charge in [0.15, 0.2) is 6.23 Å². The number of nitrogens with zero attached hydrogens (tertiary/aromatic N) is 2. The molecule has 3 saturated heterocycles. The van der Waals surface area contributed by atoms with E-state index in [0.29, 0.717) is 17.9 Å². The van der Waals surface area contributed by atoms with Gasteiger partial charge in [0.1, 0.15) is 66.1 Å². The lowest BCUT2D eigenvalue weighted by atomic mass is 9.96. The van der Waals surface area contributed by atoms with E-state index in [0.717, 1.165) is 55.0 Å². The summed E-state index contributed by atoms with van der Waals surface area (Å²) in [5, 5.41) is 111. The normalized spacial score (nSPS) is 28.2. The van der Waals surface area contributed by atoms with Crippen molar-refractivity contribution < 1.29 is 89.7 Å². The van der Waals surface area contributed by atoms with Crippen LogP contribution in [-0.4, -0.2) is 196 Å². The van der Waals surface area contributed by atoms with E-state index in [1.165, 1.54) is 43.3 Å². The summed E-state index contributed by atoms with van der Waals surface area (Å²) in [7, 11) is 0. The average Bonchev–Trinajstić information content (AvgIpc) is 1.35. The summed E-state index contributed by atoms with van der Waals surface area (Å²) in [5.74, 6) is -9.40. The number of ether oxygens (including phenoxy) is 1. The fraction of sp³-hybridized carbons (Fsp3) is 0.466. The minimum atomic E-state index is -2.36. The number of hydrogen-bond acceptors (Lipinski definition) is 17. The lowest BCUT2D eigenvalue weighted by Gasteiger charge is -2.34. The average molecular weight is 1140 g/mol. The quantitative estimate of drug-likeness (QED) is 0.0679. The number of carbonyl (C=O) groups is 7. The first-order valence-corrected chi connectivity index (χ1v) is 27.0. The molecular formula is C58H73N7O17. The van der Waals surface area contributed by atoms with Gasteiger partial charge < -0.3 is 87.1 Å². The highest BCUT2D eigenvalue weighted by Gasteiger charge is 2.50. The zero-order valence-corrected chi connectivity index (χ0v) is 45.4. The summed E-state index contributed by atoms with van der Waals surface area (Å²) in [6.45, 7) is 5.10. The maximum atomic E-state index is 14.5. The van der Waals surface area contributed by atoms with Gasteiger partial charge in [-0.15, -0.1) is 0 Å². The molecule has 3 aliphatic heterocycles. The Morgan fingerprint density at radius 2 is 1.22 bits per heavy atom. The number of rotatable bonds is 14. The molecule has 3 heterocycles. The minimum absolute atomic E-state index is 0.0327. The van der Waals surface area contributed by atoms with E-state index in [1.54, 1.807) is 24.3 Å². The first-order chi connectivity index (χ1) is 40.6. The topological polar surface area (TPSA) is 377 Å². The molecule has 3 fully saturated rings. The fourth-order valence-electron chi connectivity index (χ4n) is 9.92. The van der Waals surface area contributed by atoms with Crippen LogP contribution in [0.5, 0.6) is 11.5 Å². The van der Waals surface area contributed by atoms with Crippen LogP contribution < -0.4 is 31.3 Å². The molecule has 0 radical (unpaired) electrons. The third kappa shape index (κ3) is 14.7. The number of fused-ring (bicyclic) bond motifs is 2. The third-order valence-electron chi connectivity index (χ3n) is 14.7. The molecule has 442 valence electrons. The van der Waals surface area contributed by atoms with Crippen molar-refractivity contribution in [2.24, 2.45) is 5.92 Å². The molecule has 24 heteroatoms. The number of aliphatic hydroxyl groups is 8. The maximum absolute atomic E-state index is 14.5. The molecule has 7 rings (SSSR count). The van der Waals surface area contributed by atoms with Gasteiger partial charge in [-0.1, -0.05) is 87.3 Å². The molecule has 24 nitrogen and oxygen atoms in total. The second kappa shape index (κ2) is 27.5. The first-order valence-electron chi connectivity index (χ1n) is 29.0. The van der Waals surface area contributed by atoms with Crippen LogP contribution in [0.2, 0.25) is 0 Å². The summed E-state index contributed by atoms with van der Waals surface area (Å²) in [6, 6.07) is 2.78. The Bertz CT molecular complexity index is 3100. The monoisotopic (exact) mass is 1140 g/mol. The van der Waals surface area contributed by atoms with Crippen LogP contribution in [0.1, 0.15) is 87.3 Å². The number of phenols is 1. The second-order valence-corrected chi connectivity index (χ2v) is 21.0. The van der Waals surface area contributed by atoms with Crippen LogP contribution in [0.15, 0.2) is 97.0 Å². The van der Waals surface area contributed by atoms with Gasteiger partial charge in [0, 0.05) is 37.4 Å². The van der Waals surface area contributed by atoms with Gasteiger partial charge in [0.2, 0.25) is 35.4 Å². The van der Waals surface area contributed by atoms with Crippen molar-refractivity contribution in [2.45, 2.75) is 145 Å². The number of phenolic OH excluding ortho intramolecular Hbond substituents is 1. The van der Waals surface area contributed by atoms with Crippen molar-refractivity contribution in [3.05, 3.63) is 108 Å². The predicted octanol–water partition coefficient (Wildman–Crippen LogP) is -0.927. The Hall–Kier alpha value is -7.55. The van der Waals surface area contributed by atoms with Gasteiger partial charge in [-0.05, 0) is 84.5 Å². The summed E-state index contributed by atoms with van der Waals surface area (Å²) in [5.41, 5.74) is 0.173. The molecule has 0 aliphatic carbocycles. The molecule has 15 atom stereocenters. The van der Waals surface area contributed by atoms with E-state index in [1.807, 2.05) is 0 Å². The fourth-order valence-corrected chi connectivity index (χ4v) is 9.92. The Balaban J connectivity index is 1.21. The summed E-state index contributed by atoms with van der Waals surface area (Å²) < 4.78 is 41.4. The SMILES string of the molecule is [2H]c1c([2H])c(-c2ccc(C(=O)N[C@H]3C[C@@H](O)[C@@H](O)NC(=O)[C@@H]4[C@@H](O)[C@@H](C)CN4C(=O)C([C@@H](C)O)NC(=O)C([C@H](O)[C@@H](O)c4ccc(O)cc4)NC(=O)C4C[C@@H](O)CN4C(=O)[C@H]([C@@H](C)O)NC3=O)cc2)c([2H])c([2H])c1-c1ccc(OCCCCC)cc1. The number of benzene rings is 4. The molecule has 0 spiro atoms. The third-order valence-corrected chi connectivity index (χ3v) is 14.7. The van der Waals surface area contributed by atoms with Crippen LogP contribution >= 0.6 is 0 Å². The summed E-state index contributed by atoms with van der Waals surface area (Å²) >= 11 is 0. The molecule has 0 saturated carbocycles. The zero-order chi connectivity index (χ0) is 63.2. The highest BCUT2D eigenvalue weighted by atomic mass is 16.5. The Morgan fingerprint density at radius 3 is 1.79 bits per heavy atom. The van der Waals surface area contributed by atoms with E-state index in [2.05, 4.69) is 33.5 Å². The Morgan fingerprint density at radius 1 is 0.671 bits per heavy atom. The molecule has 82 heavy (non-hydrogen) atoms. The van der Waals surface area contributed by atoms with Crippen molar-refractivity contribution in [3.63, 3.8) is 0 Å². The molecule has 3 unspecified atom stereocenters. The highest BCUT2D eigenvalue weighted by Crippen LogP contribution is 2.30. The molecule has 4 aromatic carbocycles. The second-order valence-electron chi connectivity index (χ2n) is 21.0. The summed E-state index contributed by atoms with van der Waals surface area (Å²) in [4.78, 5) is 102. The van der Waals surface area contributed by atoms with Crippen LogP contribution in [0.4, 0.5) is 0 Å². The van der Waals surface area contributed by atoms with Gasteiger partial charge in [0.25, 0.3) is 5.91 Å².